The maximum Gasteiger partial charge on any atom is 0.530 e. The third-order valence-electron chi connectivity index (χ3n) is 9.53. The van der Waals surface area contributed by atoms with Crippen molar-refractivity contribution in [2.45, 2.75) is 69.2 Å². The minimum atomic E-state index is -1.91. The first-order valence-electron chi connectivity index (χ1n) is 17.5. The molecular formula is C44H42O6P2. The summed E-state index contributed by atoms with van der Waals surface area (Å²) < 4.78 is 40.1. The molecule has 1 aliphatic rings. The summed E-state index contributed by atoms with van der Waals surface area (Å²) in [6.07, 6.45) is 0. The maximum absolute atomic E-state index is 6.93. The van der Waals surface area contributed by atoms with Gasteiger partial charge in [0.15, 0.2) is 0 Å². The molecule has 0 N–H and O–H groups in total. The maximum atomic E-state index is 6.93. The molecule has 0 radical (unpaired) electrons. The molecule has 0 bridgehead atoms. The van der Waals surface area contributed by atoms with Crippen molar-refractivity contribution < 1.29 is 26.5 Å². The Kier molecular flexibility index (Phi) is 8.52. The second kappa shape index (κ2) is 13.0. The van der Waals surface area contributed by atoms with E-state index in [0.29, 0.717) is 11.5 Å². The second-order valence-electron chi connectivity index (χ2n) is 14.5. The van der Waals surface area contributed by atoms with Crippen LogP contribution in [0.4, 0.5) is 0 Å². The Hall–Kier alpha value is -4.89. The van der Waals surface area contributed by atoms with E-state index >= 15 is 0 Å². The molecule has 0 spiro atoms. The first-order chi connectivity index (χ1) is 24.8. The van der Waals surface area contributed by atoms with Gasteiger partial charge in [-0.15, -0.1) is 0 Å². The predicted molar refractivity (Wildman–Crippen MR) is 214 cm³/mol. The number of rotatable bonds is 5. The van der Waals surface area contributed by atoms with Crippen molar-refractivity contribution in [3.8, 4) is 34.1 Å². The van der Waals surface area contributed by atoms with Crippen LogP contribution in [0.2, 0.25) is 0 Å². The Bertz CT molecular complexity index is 2540. The van der Waals surface area contributed by atoms with Crippen LogP contribution in [0.5, 0.6) is 23.0 Å². The minimum absolute atomic E-state index is 0.672. The third-order valence-corrected chi connectivity index (χ3v) is 11.5. The Balaban J connectivity index is 1.27. The normalized spacial score (nSPS) is 12.7. The first kappa shape index (κ1) is 34.2. The zero-order valence-corrected chi connectivity index (χ0v) is 33.1. The van der Waals surface area contributed by atoms with Gasteiger partial charge >= 0.3 is 16.8 Å². The van der Waals surface area contributed by atoms with Gasteiger partial charge < -0.3 is 26.5 Å². The molecule has 6 nitrogen and oxygen atoms in total. The van der Waals surface area contributed by atoms with Crippen molar-refractivity contribution in [2.24, 2.45) is 0 Å². The summed E-state index contributed by atoms with van der Waals surface area (Å²) in [5, 5.41) is 4.08. The number of fused-ring (bicyclic) bond motifs is 3. The molecular weight excluding hydrogens is 686 g/mol. The fourth-order valence-corrected chi connectivity index (χ4v) is 9.94. The highest BCUT2D eigenvalue weighted by atomic mass is 31.2. The van der Waals surface area contributed by atoms with E-state index in [2.05, 4.69) is 142 Å². The van der Waals surface area contributed by atoms with Crippen LogP contribution in [0.3, 0.4) is 0 Å². The number of benzene rings is 6. The summed E-state index contributed by atoms with van der Waals surface area (Å²) >= 11 is 0. The molecule has 1 aliphatic heterocycles. The van der Waals surface area contributed by atoms with E-state index in [1.54, 1.807) is 0 Å². The fourth-order valence-electron chi connectivity index (χ4n) is 7.54. The lowest BCUT2D eigenvalue weighted by molar-refractivity contribution is 0.380. The molecule has 264 valence electrons. The van der Waals surface area contributed by atoms with Gasteiger partial charge in [-0.05, 0) is 167 Å². The van der Waals surface area contributed by atoms with Crippen molar-refractivity contribution >= 4 is 49.6 Å². The zero-order valence-electron chi connectivity index (χ0n) is 31.3. The third kappa shape index (κ3) is 6.19. The Morgan fingerprint density at radius 1 is 0.423 bits per heavy atom. The minimum Gasteiger partial charge on any atom is -0.408 e. The van der Waals surface area contributed by atoms with Crippen molar-refractivity contribution in [3.05, 3.63) is 128 Å². The summed E-state index contributed by atoms with van der Waals surface area (Å²) in [4.78, 5) is 0. The molecule has 0 saturated heterocycles. The van der Waals surface area contributed by atoms with Crippen LogP contribution in [0.25, 0.3) is 43.8 Å². The first-order valence-corrected chi connectivity index (χ1v) is 19.7. The topological polar surface area (TPSA) is 63.2 Å². The Morgan fingerprint density at radius 3 is 1.31 bits per heavy atom. The van der Waals surface area contributed by atoms with E-state index < -0.39 is 16.8 Å². The summed E-state index contributed by atoms with van der Waals surface area (Å²) in [7, 11) is -3.73. The molecule has 1 aromatic heterocycles. The smallest absolute Gasteiger partial charge is 0.408 e. The van der Waals surface area contributed by atoms with Gasteiger partial charge in [0.2, 0.25) is 0 Å². The van der Waals surface area contributed by atoms with E-state index in [-0.39, 0.29) is 0 Å². The van der Waals surface area contributed by atoms with E-state index in [9.17, 15) is 0 Å². The van der Waals surface area contributed by atoms with Gasteiger partial charge in [0.1, 0.15) is 34.2 Å². The van der Waals surface area contributed by atoms with Crippen LogP contribution >= 0.6 is 16.8 Å². The SMILES string of the molecule is Cc1cc(C)c(OP2Oc3cc(C)cc4cc(C)cc(c34)O2)c(-c2cc(C)cc(C)c2Op2oc3c(C)cc(C)cc3c3cc(C)cc(C)c3o2)c1. The van der Waals surface area contributed by atoms with Gasteiger partial charge in [-0.3, -0.25) is 0 Å². The van der Waals surface area contributed by atoms with Crippen LogP contribution in [-0.4, -0.2) is 0 Å². The molecule has 0 aliphatic carbocycles. The molecule has 0 amide bonds. The molecule has 0 saturated carbocycles. The quantitative estimate of drug-likeness (QED) is 0.164. The highest BCUT2D eigenvalue weighted by Crippen LogP contribution is 2.55. The van der Waals surface area contributed by atoms with Crippen LogP contribution in [0, 0.1) is 69.2 Å². The van der Waals surface area contributed by atoms with Crippen LogP contribution in [0.1, 0.15) is 55.6 Å². The Labute approximate surface area is 306 Å². The molecule has 2 heterocycles. The average Bonchev–Trinajstić information content (AvgIpc) is 3.20. The van der Waals surface area contributed by atoms with E-state index in [0.717, 1.165) is 111 Å². The van der Waals surface area contributed by atoms with Crippen molar-refractivity contribution in [3.63, 3.8) is 0 Å². The second-order valence-corrected chi connectivity index (χ2v) is 16.4. The average molecular weight is 729 g/mol. The molecule has 8 heteroatoms. The van der Waals surface area contributed by atoms with Gasteiger partial charge in [0.05, 0.1) is 5.39 Å². The summed E-state index contributed by atoms with van der Waals surface area (Å²) in [6.45, 7) is 20.8. The number of hydrogen-bond donors (Lipinski definition) is 0. The Morgan fingerprint density at radius 2 is 0.827 bits per heavy atom. The summed E-state index contributed by atoms with van der Waals surface area (Å²) in [5.74, 6) is 2.89. The summed E-state index contributed by atoms with van der Waals surface area (Å²) in [6, 6.07) is 25.6. The molecule has 7 aromatic rings. The van der Waals surface area contributed by atoms with Crippen molar-refractivity contribution in [1.29, 1.82) is 0 Å². The molecule has 0 atom stereocenters. The van der Waals surface area contributed by atoms with Crippen LogP contribution in [-0.2, 0) is 0 Å². The molecule has 6 aromatic carbocycles. The standard InChI is InChI=1S/C44H42O6P2/c1-23-11-29(7)41(47-51-45-38-21-27(5)15-33-16-28(6)22-39(46-51)40(33)38)34(17-23)35-18-24(2)12-30(8)42(35)48-52-49-43-31(9)13-25(3)19-36(43)37-20-26(4)14-32(10)44(37)50-52/h11-22H,1-10H3. The summed E-state index contributed by atoms with van der Waals surface area (Å²) in [5.41, 5.74) is 14.0. The zero-order chi connectivity index (χ0) is 36.6. The van der Waals surface area contributed by atoms with Crippen molar-refractivity contribution in [2.75, 3.05) is 0 Å². The van der Waals surface area contributed by atoms with Gasteiger partial charge in [0.25, 0.3) is 0 Å². The molecule has 0 unspecified atom stereocenters. The van der Waals surface area contributed by atoms with E-state index in [4.69, 9.17) is 26.5 Å². The van der Waals surface area contributed by atoms with Crippen LogP contribution in [0.15, 0.2) is 81.2 Å². The van der Waals surface area contributed by atoms with Gasteiger partial charge in [-0.1, -0.05) is 36.4 Å². The van der Waals surface area contributed by atoms with Crippen molar-refractivity contribution in [1.82, 2.24) is 0 Å². The lowest BCUT2D eigenvalue weighted by Gasteiger charge is -2.27. The number of aryl methyl sites for hydroxylation is 10. The highest BCUT2D eigenvalue weighted by Gasteiger charge is 2.31. The van der Waals surface area contributed by atoms with Gasteiger partial charge in [-0.25, -0.2) is 0 Å². The lowest BCUT2D eigenvalue weighted by Crippen LogP contribution is -2.09. The predicted octanol–water partition coefficient (Wildman–Crippen LogP) is 14.1. The largest absolute Gasteiger partial charge is 0.530 e. The molecule has 0 fully saturated rings. The van der Waals surface area contributed by atoms with Gasteiger partial charge in [0, 0.05) is 21.9 Å². The lowest BCUT2D eigenvalue weighted by atomic mass is 9.95. The molecule has 52 heavy (non-hydrogen) atoms. The van der Waals surface area contributed by atoms with Gasteiger partial charge in [-0.2, -0.15) is 0 Å². The highest BCUT2D eigenvalue weighted by molar-refractivity contribution is 7.43. The van der Waals surface area contributed by atoms with E-state index in [1.807, 2.05) is 0 Å². The monoisotopic (exact) mass is 728 g/mol. The molecule has 8 rings (SSSR count). The van der Waals surface area contributed by atoms with Crippen LogP contribution < -0.4 is 18.1 Å². The number of hydrogen-bond acceptors (Lipinski definition) is 6. The fraction of sp³-hybridized carbons (Fsp3) is 0.227. The van der Waals surface area contributed by atoms with E-state index in [1.165, 1.54) is 0 Å².